The Morgan fingerprint density at radius 2 is 1.86 bits per heavy atom. The number of anilines is 1. The van der Waals surface area contributed by atoms with Crippen molar-refractivity contribution in [1.29, 1.82) is 0 Å². The molecule has 3 nitrogen and oxygen atoms in total. The molecule has 2 N–H and O–H groups in total. The fraction of sp³-hybridized carbons (Fsp3) is 0.235. The summed E-state index contributed by atoms with van der Waals surface area (Å²) in [6.45, 7) is 0. The van der Waals surface area contributed by atoms with E-state index in [9.17, 15) is 4.79 Å². The number of carboxylic acid groups (broad SMARTS) is 1. The van der Waals surface area contributed by atoms with Gasteiger partial charge in [0.05, 0.1) is 5.56 Å². The van der Waals surface area contributed by atoms with Crippen LogP contribution in [0.25, 0.3) is 0 Å². The number of nitrogens with one attached hydrogen (secondary N) is 1. The predicted octanol–water partition coefficient (Wildman–Crippen LogP) is 4.40. The molecule has 0 amide bonds. The lowest BCUT2D eigenvalue weighted by atomic mass is 9.76. The molecule has 1 aliphatic carbocycles. The smallest absolute Gasteiger partial charge is 0.335 e. The highest BCUT2D eigenvalue weighted by Crippen LogP contribution is 2.39. The molecule has 0 radical (unpaired) electrons. The second-order valence-corrected chi connectivity index (χ2v) is 5.88. The molecule has 4 heteroatoms. The van der Waals surface area contributed by atoms with Crippen molar-refractivity contribution in [2.75, 3.05) is 5.32 Å². The van der Waals surface area contributed by atoms with Gasteiger partial charge in [-0.05, 0) is 60.7 Å². The lowest BCUT2D eigenvalue weighted by Crippen LogP contribution is -2.33. The molecule has 0 bridgehead atoms. The van der Waals surface area contributed by atoms with Gasteiger partial charge in [0.15, 0.2) is 0 Å². The number of carbonyl (C=O) groups is 1. The van der Waals surface area contributed by atoms with Crippen molar-refractivity contribution in [3.05, 3.63) is 64.7 Å². The average Bonchev–Trinajstić information content (AvgIpc) is 2.43. The maximum absolute atomic E-state index is 10.8. The zero-order valence-electron chi connectivity index (χ0n) is 11.4. The molecular weight excluding hydrogens is 286 g/mol. The minimum absolute atomic E-state index is 0.311. The van der Waals surface area contributed by atoms with Gasteiger partial charge in [0.1, 0.15) is 0 Å². The molecule has 0 heterocycles. The van der Waals surface area contributed by atoms with Gasteiger partial charge < -0.3 is 10.4 Å². The van der Waals surface area contributed by atoms with Gasteiger partial charge in [0, 0.05) is 16.8 Å². The third kappa shape index (κ3) is 3.19. The number of aromatic carboxylic acids is 1. The van der Waals surface area contributed by atoms with Crippen molar-refractivity contribution < 1.29 is 9.90 Å². The van der Waals surface area contributed by atoms with Crippen molar-refractivity contribution in [3.8, 4) is 0 Å². The molecule has 0 aromatic heterocycles. The van der Waals surface area contributed by atoms with E-state index in [1.54, 1.807) is 12.1 Å². The molecule has 0 unspecified atom stereocenters. The Kier molecular flexibility index (Phi) is 3.84. The van der Waals surface area contributed by atoms with E-state index >= 15 is 0 Å². The Balaban J connectivity index is 1.56. The molecule has 0 spiro atoms. The van der Waals surface area contributed by atoms with Gasteiger partial charge in [-0.1, -0.05) is 23.7 Å². The normalized spacial score (nSPS) is 20.6. The van der Waals surface area contributed by atoms with E-state index in [4.69, 9.17) is 16.7 Å². The second kappa shape index (κ2) is 5.78. The summed E-state index contributed by atoms with van der Waals surface area (Å²) in [7, 11) is 0. The molecule has 2 aromatic carbocycles. The summed E-state index contributed by atoms with van der Waals surface area (Å²) in [5, 5.41) is 13.1. The van der Waals surface area contributed by atoms with E-state index in [1.807, 2.05) is 30.3 Å². The van der Waals surface area contributed by atoms with Crippen LogP contribution in [-0.4, -0.2) is 17.1 Å². The molecule has 0 atom stereocenters. The summed E-state index contributed by atoms with van der Waals surface area (Å²) in [5.74, 6) is -0.342. The number of halogens is 1. The van der Waals surface area contributed by atoms with E-state index in [0.717, 1.165) is 23.6 Å². The van der Waals surface area contributed by atoms with Gasteiger partial charge >= 0.3 is 5.97 Å². The molecule has 3 rings (SSSR count). The third-order valence-electron chi connectivity index (χ3n) is 3.96. The van der Waals surface area contributed by atoms with Crippen LogP contribution in [0.15, 0.2) is 48.5 Å². The second-order valence-electron chi connectivity index (χ2n) is 5.45. The summed E-state index contributed by atoms with van der Waals surface area (Å²) < 4.78 is 0. The van der Waals surface area contributed by atoms with Crippen LogP contribution in [0.4, 0.5) is 5.69 Å². The lowest BCUT2D eigenvalue weighted by molar-refractivity contribution is 0.0697. The van der Waals surface area contributed by atoms with Crippen molar-refractivity contribution in [3.63, 3.8) is 0 Å². The highest BCUT2D eigenvalue weighted by molar-refractivity contribution is 6.30. The minimum atomic E-state index is -0.897. The van der Waals surface area contributed by atoms with Crippen LogP contribution in [0.2, 0.25) is 5.02 Å². The Labute approximate surface area is 128 Å². The molecule has 1 fully saturated rings. The minimum Gasteiger partial charge on any atom is -0.478 e. The van der Waals surface area contributed by atoms with Crippen molar-refractivity contribution in [2.24, 2.45) is 0 Å². The van der Waals surface area contributed by atoms with Gasteiger partial charge in [0.25, 0.3) is 0 Å². The highest BCUT2D eigenvalue weighted by atomic mass is 35.5. The first-order valence-corrected chi connectivity index (χ1v) is 7.35. The summed E-state index contributed by atoms with van der Waals surface area (Å²) in [6.07, 6.45) is 2.14. The lowest BCUT2D eigenvalue weighted by Gasteiger charge is -2.37. The van der Waals surface area contributed by atoms with Gasteiger partial charge in [-0.2, -0.15) is 0 Å². The van der Waals surface area contributed by atoms with E-state index in [2.05, 4.69) is 11.4 Å². The van der Waals surface area contributed by atoms with E-state index < -0.39 is 5.97 Å². The number of rotatable bonds is 4. The maximum Gasteiger partial charge on any atom is 0.335 e. The monoisotopic (exact) mass is 301 g/mol. The van der Waals surface area contributed by atoms with Crippen molar-refractivity contribution in [1.82, 2.24) is 0 Å². The molecule has 1 aliphatic rings. The quantitative estimate of drug-likeness (QED) is 0.880. The zero-order valence-corrected chi connectivity index (χ0v) is 12.2. The fourth-order valence-corrected chi connectivity index (χ4v) is 2.91. The van der Waals surface area contributed by atoms with Crippen LogP contribution < -0.4 is 5.32 Å². The Hall–Kier alpha value is -2.00. The third-order valence-corrected chi connectivity index (χ3v) is 4.20. The standard InChI is InChI=1S/C17H16ClNO2/c18-14-3-1-2-12(8-14)13-9-16(10-13)19-15-6-4-11(5-7-15)17(20)21/h1-8,13,16,19H,9-10H2,(H,20,21). The number of carboxylic acids is 1. The molecule has 108 valence electrons. The molecule has 0 saturated heterocycles. The van der Waals surface area contributed by atoms with Crippen LogP contribution in [0.1, 0.15) is 34.7 Å². The van der Waals surface area contributed by atoms with Crippen LogP contribution in [0, 0.1) is 0 Å². The predicted molar refractivity (Wildman–Crippen MR) is 84.2 cm³/mol. The summed E-state index contributed by atoms with van der Waals surface area (Å²) in [6, 6.07) is 15.3. The molecule has 1 saturated carbocycles. The fourth-order valence-electron chi connectivity index (χ4n) is 2.71. The molecule has 0 aliphatic heterocycles. The average molecular weight is 302 g/mol. The van der Waals surface area contributed by atoms with Crippen LogP contribution in [0.5, 0.6) is 0 Å². The Morgan fingerprint density at radius 1 is 1.14 bits per heavy atom. The maximum atomic E-state index is 10.8. The van der Waals surface area contributed by atoms with Crippen LogP contribution >= 0.6 is 11.6 Å². The van der Waals surface area contributed by atoms with Crippen LogP contribution in [0.3, 0.4) is 0 Å². The Morgan fingerprint density at radius 3 is 2.48 bits per heavy atom. The topological polar surface area (TPSA) is 49.3 Å². The van der Waals surface area contributed by atoms with E-state index in [-0.39, 0.29) is 0 Å². The van der Waals surface area contributed by atoms with Crippen molar-refractivity contribution in [2.45, 2.75) is 24.8 Å². The summed E-state index contributed by atoms with van der Waals surface area (Å²) in [5.41, 5.74) is 2.57. The number of hydrogen-bond acceptors (Lipinski definition) is 2. The first-order valence-electron chi connectivity index (χ1n) is 6.97. The number of hydrogen-bond donors (Lipinski definition) is 2. The first-order chi connectivity index (χ1) is 10.1. The molecule has 2 aromatic rings. The van der Waals surface area contributed by atoms with Crippen LogP contribution in [-0.2, 0) is 0 Å². The first kappa shape index (κ1) is 14.0. The van der Waals surface area contributed by atoms with Gasteiger partial charge in [-0.15, -0.1) is 0 Å². The Bertz CT molecular complexity index is 648. The van der Waals surface area contributed by atoms with Gasteiger partial charge in [-0.25, -0.2) is 4.79 Å². The largest absolute Gasteiger partial charge is 0.478 e. The van der Waals surface area contributed by atoms with E-state index in [0.29, 0.717) is 17.5 Å². The zero-order chi connectivity index (χ0) is 14.8. The van der Waals surface area contributed by atoms with Gasteiger partial charge in [-0.3, -0.25) is 0 Å². The summed E-state index contributed by atoms with van der Waals surface area (Å²) >= 11 is 6.01. The molecule has 21 heavy (non-hydrogen) atoms. The van der Waals surface area contributed by atoms with Gasteiger partial charge in [0.2, 0.25) is 0 Å². The molecular formula is C17H16ClNO2. The SMILES string of the molecule is O=C(O)c1ccc(NC2CC(c3cccc(Cl)c3)C2)cc1. The number of benzene rings is 2. The highest BCUT2D eigenvalue weighted by Gasteiger charge is 2.30. The summed E-state index contributed by atoms with van der Waals surface area (Å²) in [4.78, 5) is 10.8. The van der Waals surface area contributed by atoms with Crippen molar-refractivity contribution >= 4 is 23.3 Å². The van der Waals surface area contributed by atoms with E-state index in [1.165, 1.54) is 5.56 Å².